The fourth-order valence-electron chi connectivity index (χ4n) is 1.28. The summed E-state index contributed by atoms with van der Waals surface area (Å²) in [5.41, 5.74) is 0. The quantitative estimate of drug-likeness (QED) is 0.668. The Morgan fingerprint density at radius 2 is 1.50 bits per heavy atom. The van der Waals surface area contributed by atoms with Crippen LogP contribution in [-0.4, -0.2) is 0 Å². The molecule has 0 saturated carbocycles. The number of hydrogen-bond acceptors (Lipinski definition) is 0. The molecule has 0 aliphatic carbocycles. The van der Waals surface area contributed by atoms with E-state index in [0.29, 0.717) is 8.58 Å². The van der Waals surface area contributed by atoms with E-state index in [1.165, 1.54) is 10.6 Å². The Morgan fingerprint density at radius 1 is 0.812 bits per heavy atom. The van der Waals surface area contributed by atoms with Gasteiger partial charge >= 0.3 is 0 Å². The van der Waals surface area contributed by atoms with Crippen LogP contribution in [0.1, 0.15) is 0 Å². The largest absolute Gasteiger partial charge is 0.0622 e. The van der Waals surface area contributed by atoms with Crippen molar-refractivity contribution in [3.63, 3.8) is 0 Å². The fraction of sp³-hybridized carbons (Fsp3) is 0. The maximum Gasteiger partial charge on any atom is 0.0394 e. The van der Waals surface area contributed by atoms with Crippen molar-refractivity contribution in [1.82, 2.24) is 0 Å². The van der Waals surface area contributed by atoms with Crippen LogP contribution in [0.4, 0.5) is 0 Å². The molecule has 2 aromatic rings. The van der Waals surface area contributed by atoms with Crippen molar-refractivity contribution in [1.29, 1.82) is 0 Å². The first kappa shape index (κ1) is 14.3. The second-order valence-corrected chi connectivity index (χ2v) is 6.11. The lowest BCUT2D eigenvalue weighted by Gasteiger charge is -2.06. The van der Waals surface area contributed by atoms with Gasteiger partial charge in [-0.1, -0.05) is 51.0 Å². The summed E-state index contributed by atoms with van der Waals surface area (Å²) in [4.78, 5) is 0. The third-order valence-corrected chi connectivity index (χ3v) is 5.73. The van der Waals surface area contributed by atoms with Gasteiger partial charge in [0.05, 0.1) is 0 Å². The summed E-state index contributed by atoms with van der Waals surface area (Å²) in [6.45, 7) is 0. The molecule has 0 aliphatic heterocycles. The number of hydrogen-bond donors (Lipinski definition) is 0. The highest BCUT2D eigenvalue weighted by molar-refractivity contribution is 9.13. The van der Waals surface area contributed by atoms with E-state index in [0.717, 1.165) is 8.95 Å². The van der Waals surface area contributed by atoms with Gasteiger partial charge in [-0.2, -0.15) is 0 Å². The molecule has 2 rings (SSSR count). The van der Waals surface area contributed by atoms with Gasteiger partial charge in [0.25, 0.3) is 0 Å². The molecule has 0 amide bonds. The van der Waals surface area contributed by atoms with Crippen molar-refractivity contribution >= 4 is 60.9 Å². The topological polar surface area (TPSA) is 0 Å². The van der Waals surface area contributed by atoms with Gasteiger partial charge in [0.15, 0.2) is 0 Å². The van der Waals surface area contributed by atoms with E-state index in [-0.39, 0.29) is 9.90 Å². The second kappa shape index (κ2) is 6.87. The molecule has 0 nitrogen and oxygen atoms in total. The number of halogens is 2. The molecule has 0 fully saturated rings. The summed E-state index contributed by atoms with van der Waals surface area (Å²) in [5, 5.41) is 2.69. The Bertz CT molecular complexity index is 458. The van der Waals surface area contributed by atoms with Crippen LogP contribution in [-0.2, 0) is 0 Å². The smallest absolute Gasteiger partial charge is 0.0394 e. The van der Waals surface area contributed by atoms with Gasteiger partial charge < -0.3 is 0 Å². The summed E-state index contributed by atoms with van der Waals surface area (Å²) in [5.74, 6) is 0. The molecule has 0 N–H and O–H groups in total. The third-order valence-electron chi connectivity index (χ3n) is 2.00. The van der Waals surface area contributed by atoms with Gasteiger partial charge in [-0.05, 0) is 48.5 Å². The summed E-state index contributed by atoms with van der Waals surface area (Å²) >= 11 is 7.11. The van der Waals surface area contributed by atoms with Crippen molar-refractivity contribution in [2.45, 2.75) is 0 Å². The van der Waals surface area contributed by atoms with Crippen molar-refractivity contribution < 1.29 is 0 Å². The minimum absolute atomic E-state index is 0. The highest BCUT2D eigenvalue weighted by Crippen LogP contribution is 2.25. The maximum absolute atomic E-state index is 3.60. The lowest BCUT2D eigenvalue weighted by atomic mass is 10.4. The normalized spacial score (nSPS) is 10.4. The standard InChI is InChI=1S/C12H9Br2P.P/c13-10-7-4-8-11(12(10)14)15-9-5-2-1-3-6-9;/h1-8,15H;. The van der Waals surface area contributed by atoms with Gasteiger partial charge in [-0.25, -0.2) is 0 Å². The molecule has 0 spiro atoms. The van der Waals surface area contributed by atoms with E-state index in [4.69, 9.17) is 0 Å². The Morgan fingerprint density at radius 3 is 2.19 bits per heavy atom. The molecule has 3 radical (unpaired) electrons. The van der Waals surface area contributed by atoms with E-state index in [1.54, 1.807) is 0 Å². The molecular formula is C12H9Br2P2. The van der Waals surface area contributed by atoms with Crippen molar-refractivity contribution in [3.05, 3.63) is 57.5 Å². The van der Waals surface area contributed by atoms with Crippen LogP contribution in [0.3, 0.4) is 0 Å². The van der Waals surface area contributed by atoms with Gasteiger partial charge in [-0.3, -0.25) is 0 Å². The SMILES string of the molecule is Brc1cccc(Pc2ccccc2)c1Br.[P]. The van der Waals surface area contributed by atoms with E-state index in [1.807, 2.05) is 12.1 Å². The maximum atomic E-state index is 3.60. The average Bonchev–Trinajstić information content (AvgIpc) is 2.26. The zero-order valence-electron chi connectivity index (χ0n) is 8.32. The molecule has 2 aromatic carbocycles. The fourth-order valence-corrected chi connectivity index (χ4v) is 3.48. The molecule has 0 heterocycles. The molecule has 16 heavy (non-hydrogen) atoms. The molecule has 1 atom stereocenters. The molecule has 0 bridgehead atoms. The Balaban J connectivity index is 0.00000128. The van der Waals surface area contributed by atoms with E-state index in [2.05, 4.69) is 68.3 Å². The highest BCUT2D eigenvalue weighted by atomic mass is 79.9. The summed E-state index contributed by atoms with van der Waals surface area (Å²) < 4.78 is 2.27. The molecule has 4 heteroatoms. The van der Waals surface area contributed by atoms with E-state index >= 15 is 0 Å². The molecule has 81 valence electrons. The predicted octanol–water partition coefficient (Wildman–Crippen LogP) is 4.70. The third kappa shape index (κ3) is 3.64. The summed E-state index contributed by atoms with van der Waals surface area (Å²) in [7, 11) is 0.695. The van der Waals surface area contributed by atoms with Crippen molar-refractivity contribution in [2.24, 2.45) is 0 Å². The van der Waals surface area contributed by atoms with Crippen molar-refractivity contribution in [2.75, 3.05) is 0 Å². The molecular weight excluding hydrogens is 366 g/mol. The Kier molecular flexibility index (Phi) is 6.15. The number of rotatable bonds is 2. The van der Waals surface area contributed by atoms with E-state index in [9.17, 15) is 0 Å². The number of benzene rings is 2. The molecule has 0 aromatic heterocycles. The molecule has 0 aliphatic rings. The molecule has 0 saturated heterocycles. The van der Waals surface area contributed by atoms with Gasteiger partial charge in [0.2, 0.25) is 0 Å². The lowest BCUT2D eigenvalue weighted by molar-refractivity contribution is 1.65. The van der Waals surface area contributed by atoms with Crippen LogP contribution in [0.2, 0.25) is 0 Å². The highest BCUT2D eigenvalue weighted by Gasteiger charge is 2.03. The monoisotopic (exact) mass is 373 g/mol. The Labute approximate surface area is 118 Å². The predicted molar refractivity (Wildman–Crippen MR) is 82.8 cm³/mol. The van der Waals surface area contributed by atoms with Crippen LogP contribution < -0.4 is 10.6 Å². The van der Waals surface area contributed by atoms with E-state index < -0.39 is 0 Å². The van der Waals surface area contributed by atoms with Gasteiger partial charge in [0, 0.05) is 18.8 Å². The van der Waals surface area contributed by atoms with Crippen LogP contribution in [0.15, 0.2) is 57.5 Å². The summed E-state index contributed by atoms with van der Waals surface area (Å²) in [6.07, 6.45) is 0. The van der Waals surface area contributed by atoms with Crippen molar-refractivity contribution in [3.8, 4) is 0 Å². The minimum Gasteiger partial charge on any atom is -0.0622 e. The minimum atomic E-state index is 0. The summed E-state index contributed by atoms with van der Waals surface area (Å²) in [6, 6.07) is 16.8. The average molecular weight is 375 g/mol. The van der Waals surface area contributed by atoms with Crippen LogP contribution in [0.25, 0.3) is 0 Å². The Hall–Kier alpha value is 0.260. The zero-order valence-corrected chi connectivity index (χ0v) is 13.4. The lowest BCUT2D eigenvalue weighted by Crippen LogP contribution is -2.04. The van der Waals surface area contributed by atoms with Crippen LogP contribution >= 0.6 is 50.3 Å². The van der Waals surface area contributed by atoms with Crippen LogP contribution in [0.5, 0.6) is 0 Å². The van der Waals surface area contributed by atoms with Gasteiger partial charge in [-0.15, -0.1) is 0 Å². The first-order valence-corrected chi connectivity index (χ1v) is 7.12. The molecule has 1 unspecified atom stereocenters. The first-order chi connectivity index (χ1) is 7.27. The van der Waals surface area contributed by atoms with Gasteiger partial charge in [0.1, 0.15) is 0 Å². The second-order valence-electron chi connectivity index (χ2n) is 3.09. The van der Waals surface area contributed by atoms with Crippen LogP contribution in [0, 0.1) is 0 Å². The first-order valence-electron chi connectivity index (χ1n) is 4.53. The zero-order chi connectivity index (χ0) is 10.7.